The van der Waals surface area contributed by atoms with E-state index < -0.39 is 17.9 Å². The van der Waals surface area contributed by atoms with E-state index in [-0.39, 0.29) is 38.4 Å². The highest BCUT2D eigenvalue weighted by Crippen LogP contribution is 2.13. The number of nitrogens with two attached hydrogens (primary N) is 1. The van der Waals surface area contributed by atoms with E-state index in [1.165, 1.54) is 0 Å². The summed E-state index contributed by atoms with van der Waals surface area (Å²) in [5, 5.41) is 19.8. The molecule has 21 heteroatoms. The predicted molar refractivity (Wildman–Crippen MR) is 242 cm³/mol. The molecule has 3 amide bonds. The molecule has 0 aliphatic carbocycles. The molecule has 1 aromatic carbocycles. The molecule has 0 radical (unpaired) electrons. The molecule has 65 heavy (non-hydrogen) atoms. The highest BCUT2D eigenvalue weighted by molar-refractivity contribution is 5.97. The Bertz CT molecular complexity index is 1470. The zero-order valence-electron chi connectivity index (χ0n) is 39.2. The van der Waals surface area contributed by atoms with Crippen LogP contribution in [0.15, 0.2) is 30.5 Å². The van der Waals surface area contributed by atoms with Crippen molar-refractivity contribution in [2.75, 3.05) is 137 Å². The molecule has 2 rings (SSSR count). The second-order valence-electron chi connectivity index (χ2n) is 15.2. The summed E-state index contributed by atoms with van der Waals surface area (Å²) in [6.45, 7) is 17.1. The van der Waals surface area contributed by atoms with Gasteiger partial charge in [0.1, 0.15) is 19.3 Å². The Balaban J connectivity index is 1.31. The number of carbonyl (C=O) groups is 3. The first-order valence-corrected chi connectivity index (χ1v) is 22.8. The molecule has 0 saturated carbocycles. The third-order valence-electron chi connectivity index (χ3n) is 8.78. The van der Waals surface area contributed by atoms with E-state index in [0.717, 1.165) is 11.3 Å². The van der Waals surface area contributed by atoms with Crippen molar-refractivity contribution in [3.05, 3.63) is 41.7 Å². The molecule has 0 aliphatic rings. The monoisotopic (exact) mass is 927 g/mol. The Labute approximate surface area is 385 Å². The van der Waals surface area contributed by atoms with Gasteiger partial charge in [0.15, 0.2) is 0 Å². The summed E-state index contributed by atoms with van der Waals surface area (Å²) in [7, 11) is 0. The fourth-order valence-electron chi connectivity index (χ4n) is 5.36. The van der Waals surface area contributed by atoms with Crippen LogP contribution in [0.25, 0.3) is 0 Å². The standard InChI is InChI=1S/C44H78N8O13/c1-36(2)47-31-40-32-52(51-50-40)14-16-57-18-20-59-22-24-61-26-28-63-30-29-62-27-25-60-23-21-58-19-17-56-15-13-46-42(53)34-64-35-43(54)49-41(7-5-6-12-45)44(55)48-39-10-8-38(9-11-39)33-65-37(3)4/h8-11,32,36-37,41,47H,5-7,12-31,33-35,45H2,1-4H3,(H,46,53)(H,48,55)(H,49,54)/t41-/m0/s1. The van der Waals surface area contributed by atoms with Crippen LogP contribution in [-0.2, 0) is 81.4 Å². The first kappa shape index (κ1) is 57.4. The van der Waals surface area contributed by atoms with Gasteiger partial charge in [-0.25, -0.2) is 4.68 Å². The number of unbranched alkanes of at least 4 members (excludes halogenated alkanes) is 1. The van der Waals surface area contributed by atoms with Crippen LogP contribution in [0.1, 0.15) is 58.2 Å². The third-order valence-corrected chi connectivity index (χ3v) is 8.78. The lowest BCUT2D eigenvalue weighted by Crippen LogP contribution is -2.45. The number of rotatable bonds is 44. The van der Waals surface area contributed by atoms with Crippen molar-refractivity contribution in [1.29, 1.82) is 0 Å². The van der Waals surface area contributed by atoms with Crippen molar-refractivity contribution < 1.29 is 61.8 Å². The van der Waals surface area contributed by atoms with Gasteiger partial charge < -0.3 is 74.4 Å². The quantitative estimate of drug-likeness (QED) is 0.0587. The van der Waals surface area contributed by atoms with Crippen LogP contribution >= 0.6 is 0 Å². The maximum absolute atomic E-state index is 13.0. The normalized spacial score (nSPS) is 12.0. The number of amides is 3. The molecule has 21 nitrogen and oxygen atoms in total. The van der Waals surface area contributed by atoms with Gasteiger partial charge in [-0.3, -0.25) is 14.4 Å². The van der Waals surface area contributed by atoms with Crippen molar-refractivity contribution in [3.8, 4) is 0 Å². The van der Waals surface area contributed by atoms with Crippen LogP contribution in [0.4, 0.5) is 5.69 Å². The van der Waals surface area contributed by atoms with Crippen molar-refractivity contribution >= 4 is 23.4 Å². The van der Waals surface area contributed by atoms with Crippen LogP contribution < -0.4 is 27.0 Å². The van der Waals surface area contributed by atoms with Crippen LogP contribution in [0.3, 0.4) is 0 Å². The molecule has 6 N–H and O–H groups in total. The van der Waals surface area contributed by atoms with Gasteiger partial charge in [-0.2, -0.15) is 0 Å². The van der Waals surface area contributed by atoms with Gasteiger partial charge in [0.2, 0.25) is 17.7 Å². The van der Waals surface area contributed by atoms with E-state index in [1.54, 1.807) is 16.8 Å². The van der Waals surface area contributed by atoms with Crippen LogP contribution in [0, 0.1) is 0 Å². The number of carbonyl (C=O) groups excluding carboxylic acids is 3. The summed E-state index contributed by atoms with van der Waals surface area (Å²) in [6, 6.07) is 6.95. The van der Waals surface area contributed by atoms with Crippen LogP contribution in [0.2, 0.25) is 0 Å². The zero-order chi connectivity index (χ0) is 47.0. The summed E-state index contributed by atoms with van der Waals surface area (Å²) in [5.74, 6) is -1.26. The summed E-state index contributed by atoms with van der Waals surface area (Å²) in [6.07, 6.45) is 3.81. The predicted octanol–water partition coefficient (Wildman–Crippen LogP) is 1.22. The summed E-state index contributed by atoms with van der Waals surface area (Å²) in [4.78, 5) is 37.7. The average Bonchev–Trinajstić information content (AvgIpc) is 3.75. The molecule has 372 valence electrons. The highest BCUT2D eigenvalue weighted by Gasteiger charge is 2.21. The van der Waals surface area contributed by atoms with Crippen molar-refractivity contribution in [2.24, 2.45) is 5.73 Å². The summed E-state index contributed by atoms with van der Waals surface area (Å²) >= 11 is 0. The van der Waals surface area contributed by atoms with Crippen molar-refractivity contribution in [3.63, 3.8) is 0 Å². The van der Waals surface area contributed by atoms with Crippen molar-refractivity contribution in [1.82, 2.24) is 30.9 Å². The van der Waals surface area contributed by atoms with E-state index >= 15 is 0 Å². The zero-order valence-corrected chi connectivity index (χ0v) is 39.2. The molecule has 0 fully saturated rings. The number of anilines is 1. The number of aromatic nitrogens is 3. The fraction of sp³-hybridized carbons (Fsp3) is 0.750. The Morgan fingerprint density at radius 2 is 1.18 bits per heavy atom. The van der Waals surface area contributed by atoms with Crippen LogP contribution in [-0.4, -0.2) is 183 Å². The molecule has 0 aliphatic heterocycles. The minimum atomic E-state index is -0.787. The Morgan fingerprint density at radius 3 is 1.71 bits per heavy atom. The van der Waals surface area contributed by atoms with Gasteiger partial charge in [-0.15, -0.1) is 5.10 Å². The first-order valence-electron chi connectivity index (χ1n) is 22.8. The second kappa shape index (κ2) is 39.5. The lowest BCUT2D eigenvalue weighted by Gasteiger charge is -2.19. The largest absolute Gasteiger partial charge is 0.377 e. The molecule has 0 unspecified atom stereocenters. The summed E-state index contributed by atoms with van der Waals surface area (Å²) in [5.41, 5.74) is 8.11. The average molecular weight is 927 g/mol. The Kier molecular flexibility index (Phi) is 34.9. The topological polar surface area (TPSA) is 248 Å². The number of hydrogen-bond acceptors (Lipinski definition) is 17. The molecule has 1 heterocycles. The lowest BCUT2D eigenvalue weighted by atomic mass is 10.1. The van der Waals surface area contributed by atoms with Gasteiger partial charge in [0, 0.05) is 31.0 Å². The van der Waals surface area contributed by atoms with E-state index in [9.17, 15) is 14.4 Å². The molecule has 0 spiro atoms. The number of nitrogens with one attached hydrogen (secondary N) is 4. The Morgan fingerprint density at radius 1 is 0.662 bits per heavy atom. The fourth-order valence-corrected chi connectivity index (χ4v) is 5.36. The van der Waals surface area contributed by atoms with E-state index in [2.05, 4.69) is 45.4 Å². The van der Waals surface area contributed by atoms with E-state index in [4.69, 9.17) is 53.1 Å². The van der Waals surface area contributed by atoms with Crippen molar-refractivity contribution in [2.45, 2.75) is 84.8 Å². The van der Waals surface area contributed by atoms with Crippen LogP contribution in [0.5, 0.6) is 0 Å². The molecule has 0 saturated heterocycles. The number of hydrogen-bond donors (Lipinski definition) is 5. The van der Waals surface area contributed by atoms with Gasteiger partial charge in [-0.05, 0) is 57.4 Å². The minimum absolute atomic E-state index is 0.114. The first-order chi connectivity index (χ1) is 31.7. The molecular weight excluding hydrogens is 849 g/mol. The third kappa shape index (κ3) is 33.4. The van der Waals surface area contributed by atoms with Gasteiger partial charge in [0.05, 0.1) is 131 Å². The number of ether oxygens (including phenoxy) is 10. The van der Waals surface area contributed by atoms with E-state index in [1.807, 2.05) is 32.2 Å². The van der Waals surface area contributed by atoms with Gasteiger partial charge in [0.25, 0.3) is 0 Å². The SMILES string of the molecule is CC(C)NCc1cn(CCOCCOCCOCCOCCOCCOCCOCCOCCNC(=O)COCC(=O)N[C@@H](CCCCN)C(=O)Nc2ccc(COC(C)C)cc2)nn1. The number of nitrogens with zero attached hydrogens (tertiary/aromatic N) is 3. The molecule has 1 atom stereocenters. The summed E-state index contributed by atoms with van der Waals surface area (Å²) < 4.78 is 56.8. The minimum Gasteiger partial charge on any atom is -0.377 e. The molecule has 2 aromatic rings. The smallest absolute Gasteiger partial charge is 0.246 e. The number of benzene rings is 1. The Hall–Kier alpha value is -3.71. The second-order valence-corrected chi connectivity index (χ2v) is 15.2. The van der Waals surface area contributed by atoms with Gasteiger partial charge >= 0.3 is 0 Å². The highest BCUT2D eigenvalue weighted by atomic mass is 16.6. The molecule has 1 aromatic heterocycles. The maximum Gasteiger partial charge on any atom is 0.246 e. The van der Waals surface area contributed by atoms with E-state index in [0.29, 0.717) is 156 Å². The maximum atomic E-state index is 13.0. The molecule has 0 bridgehead atoms. The lowest BCUT2D eigenvalue weighted by molar-refractivity contribution is -0.133. The molecular formula is C44H78N8O13. The van der Waals surface area contributed by atoms with Gasteiger partial charge in [-0.1, -0.05) is 31.2 Å².